The lowest BCUT2D eigenvalue weighted by molar-refractivity contribution is 0.0954. The fourth-order valence-electron chi connectivity index (χ4n) is 3.62. The van der Waals surface area contributed by atoms with E-state index in [0.717, 1.165) is 29.9 Å². The van der Waals surface area contributed by atoms with Crippen LogP contribution in [0.1, 0.15) is 16.8 Å². The maximum Gasteiger partial charge on any atom is 0.255 e. The standard InChI is InChI=1S/C27H28N4O3/c1-33-24-15-14-20(18-25(24)34-2)26-23(19-31(30-26)22-12-7-4-8-13-22)27(32)29-17-9-16-28-21-10-5-3-6-11-21/h3-8,10-15,18-19,28H,9,16-17H2,1-2H3,(H,29,32). The van der Waals surface area contributed by atoms with Gasteiger partial charge in [0.05, 0.1) is 25.5 Å². The summed E-state index contributed by atoms with van der Waals surface area (Å²) in [5.74, 6) is 1.02. The number of aromatic nitrogens is 2. The van der Waals surface area contributed by atoms with Crippen molar-refractivity contribution in [3.63, 3.8) is 0 Å². The molecule has 0 unspecified atom stereocenters. The van der Waals surface area contributed by atoms with Crippen molar-refractivity contribution in [1.82, 2.24) is 15.1 Å². The molecular weight excluding hydrogens is 428 g/mol. The molecule has 4 rings (SSSR count). The molecular formula is C27H28N4O3. The molecule has 0 atom stereocenters. The van der Waals surface area contributed by atoms with Crippen LogP contribution in [0.15, 0.2) is 85.1 Å². The fourth-order valence-corrected chi connectivity index (χ4v) is 3.62. The van der Waals surface area contributed by atoms with E-state index in [-0.39, 0.29) is 5.91 Å². The highest BCUT2D eigenvalue weighted by atomic mass is 16.5. The molecule has 34 heavy (non-hydrogen) atoms. The number of nitrogens with one attached hydrogen (secondary N) is 2. The number of hydrogen-bond acceptors (Lipinski definition) is 5. The molecule has 1 aromatic heterocycles. The summed E-state index contributed by atoms with van der Waals surface area (Å²) in [4.78, 5) is 13.2. The van der Waals surface area contributed by atoms with Crippen molar-refractivity contribution in [3.8, 4) is 28.4 Å². The van der Waals surface area contributed by atoms with Crippen LogP contribution in [-0.2, 0) is 0 Å². The lowest BCUT2D eigenvalue weighted by Crippen LogP contribution is -2.26. The van der Waals surface area contributed by atoms with Crippen LogP contribution in [0.5, 0.6) is 11.5 Å². The van der Waals surface area contributed by atoms with Crippen molar-refractivity contribution in [1.29, 1.82) is 0 Å². The molecule has 3 aromatic carbocycles. The van der Waals surface area contributed by atoms with E-state index in [0.29, 0.717) is 29.3 Å². The number of carbonyl (C=O) groups is 1. The molecule has 4 aromatic rings. The molecule has 0 aliphatic heterocycles. The van der Waals surface area contributed by atoms with Crippen molar-refractivity contribution in [2.45, 2.75) is 6.42 Å². The number of methoxy groups -OCH3 is 2. The fraction of sp³-hybridized carbons (Fsp3) is 0.185. The number of amides is 1. The SMILES string of the molecule is COc1ccc(-c2nn(-c3ccccc3)cc2C(=O)NCCCNc2ccccc2)cc1OC. The Balaban J connectivity index is 1.53. The largest absolute Gasteiger partial charge is 0.493 e. The van der Waals surface area contributed by atoms with Crippen LogP contribution in [0.2, 0.25) is 0 Å². The van der Waals surface area contributed by atoms with Crippen LogP contribution in [0.25, 0.3) is 16.9 Å². The van der Waals surface area contributed by atoms with E-state index < -0.39 is 0 Å². The Bertz CT molecular complexity index is 1220. The second-order valence-corrected chi connectivity index (χ2v) is 7.64. The summed E-state index contributed by atoms with van der Waals surface area (Å²) >= 11 is 0. The highest BCUT2D eigenvalue weighted by Crippen LogP contribution is 2.33. The summed E-state index contributed by atoms with van der Waals surface area (Å²) in [5, 5.41) is 11.1. The lowest BCUT2D eigenvalue weighted by atomic mass is 10.1. The van der Waals surface area contributed by atoms with Crippen LogP contribution in [0, 0.1) is 0 Å². The monoisotopic (exact) mass is 456 g/mol. The van der Waals surface area contributed by atoms with E-state index in [4.69, 9.17) is 14.6 Å². The van der Waals surface area contributed by atoms with Gasteiger partial charge in [0.2, 0.25) is 0 Å². The summed E-state index contributed by atoms with van der Waals surface area (Å²) in [6.45, 7) is 1.30. The quantitative estimate of drug-likeness (QED) is 0.336. The Hall–Kier alpha value is -4.26. The highest BCUT2D eigenvalue weighted by molar-refractivity contribution is 6.00. The maximum absolute atomic E-state index is 13.2. The maximum atomic E-state index is 13.2. The number of para-hydroxylation sites is 2. The third-order valence-electron chi connectivity index (χ3n) is 5.38. The smallest absolute Gasteiger partial charge is 0.255 e. The van der Waals surface area contributed by atoms with Crippen molar-refractivity contribution in [2.24, 2.45) is 0 Å². The van der Waals surface area contributed by atoms with Gasteiger partial charge in [0.25, 0.3) is 5.91 Å². The number of anilines is 1. The van der Waals surface area contributed by atoms with Gasteiger partial charge < -0.3 is 20.1 Å². The Morgan fingerprint density at radius 2 is 1.59 bits per heavy atom. The molecule has 1 heterocycles. The zero-order chi connectivity index (χ0) is 23.8. The molecule has 174 valence electrons. The first-order chi connectivity index (χ1) is 16.7. The third kappa shape index (κ3) is 5.38. The van der Waals surface area contributed by atoms with Crippen molar-refractivity contribution >= 4 is 11.6 Å². The first-order valence-electron chi connectivity index (χ1n) is 11.1. The normalized spacial score (nSPS) is 10.5. The second kappa shape index (κ2) is 11.0. The number of hydrogen-bond donors (Lipinski definition) is 2. The van der Waals surface area contributed by atoms with Gasteiger partial charge in [0, 0.05) is 30.5 Å². The molecule has 2 N–H and O–H groups in total. The van der Waals surface area contributed by atoms with Gasteiger partial charge in [-0.1, -0.05) is 36.4 Å². The van der Waals surface area contributed by atoms with Crippen LogP contribution < -0.4 is 20.1 Å². The summed E-state index contributed by atoms with van der Waals surface area (Å²) in [6.07, 6.45) is 2.55. The molecule has 0 saturated heterocycles. The van der Waals surface area contributed by atoms with Crippen molar-refractivity contribution in [2.75, 3.05) is 32.6 Å². The summed E-state index contributed by atoms with van der Waals surface area (Å²) in [5.41, 5.74) is 3.77. The molecule has 1 amide bonds. The number of nitrogens with zero attached hydrogens (tertiary/aromatic N) is 2. The molecule has 0 fully saturated rings. The average Bonchev–Trinajstić information content (AvgIpc) is 3.35. The Morgan fingerprint density at radius 3 is 2.29 bits per heavy atom. The third-order valence-corrected chi connectivity index (χ3v) is 5.38. The molecule has 0 aliphatic carbocycles. The van der Waals surface area contributed by atoms with Crippen LogP contribution in [-0.4, -0.2) is 43.0 Å². The summed E-state index contributed by atoms with van der Waals surface area (Å²) < 4.78 is 12.5. The van der Waals surface area contributed by atoms with Gasteiger partial charge in [-0.05, 0) is 48.9 Å². The minimum atomic E-state index is -0.174. The molecule has 0 spiro atoms. The second-order valence-electron chi connectivity index (χ2n) is 7.64. The predicted octanol–water partition coefficient (Wildman–Crippen LogP) is 4.79. The number of benzene rings is 3. The van der Waals surface area contributed by atoms with Gasteiger partial charge in [-0.3, -0.25) is 4.79 Å². The first kappa shape index (κ1) is 22.9. The Labute approximate surface area is 199 Å². The zero-order valence-electron chi connectivity index (χ0n) is 19.3. The van der Waals surface area contributed by atoms with E-state index in [1.165, 1.54) is 0 Å². The highest BCUT2D eigenvalue weighted by Gasteiger charge is 2.20. The predicted molar refractivity (Wildman–Crippen MR) is 134 cm³/mol. The minimum Gasteiger partial charge on any atom is -0.493 e. The van der Waals surface area contributed by atoms with Crippen LogP contribution in [0.4, 0.5) is 5.69 Å². The van der Waals surface area contributed by atoms with Gasteiger partial charge in [-0.15, -0.1) is 0 Å². The van der Waals surface area contributed by atoms with Gasteiger partial charge in [-0.2, -0.15) is 5.10 Å². The topological polar surface area (TPSA) is 77.4 Å². The van der Waals surface area contributed by atoms with E-state index in [1.807, 2.05) is 78.9 Å². The molecule has 0 bridgehead atoms. The number of rotatable bonds is 10. The van der Waals surface area contributed by atoms with Crippen molar-refractivity contribution < 1.29 is 14.3 Å². The van der Waals surface area contributed by atoms with Crippen LogP contribution >= 0.6 is 0 Å². The molecule has 7 nitrogen and oxygen atoms in total. The van der Waals surface area contributed by atoms with Gasteiger partial charge in [-0.25, -0.2) is 4.68 Å². The number of ether oxygens (including phenoxy) is 2. The lowest BCUT2D eigenvalue weighted by Gasteiger charge is -2.10. The molecule has 7 heteroatoms. The first-order valence-corrected chi connectivity index (χ1v) is 11.1. The van der Waals surface area contributed by atoms with Crippen molar-refractivity contribution in [3.05, 3.63) is 90.6 Å². The van der Waals surface area contributed by atoms with E-state index in [9.17, 15) is 4.79 Å². The number of carbonyl (C=O) groups excluding carboxylic acids is 1. The molecule has 0 radical (unpaired) electrons. The minimum absolute atomic E-state index is 0.174. The van der Waals surface area contributed by atoms with Gasteiger partial charge >= 0.3 is 0 Å². The molecule has 0 aliphatic rings. The average molecular weight is 457 g/mol. The van der Waals surface area contributed by atoms with E-state index >= 15 is 0 Å². The van der Waals surface area contributed by atoms with Crippen LogP contribution in [0.3, 0.4) is 0 Å². The van der Waals surface area contributed by atoms with E-state index in [1.54, 1.807) is 25.1 Å². The summed E-state index contributed by atoms with van der Waals surface area (Å²) in [6, 6.07) is 25.2. The summed E-state index contributed by atoms with van der Waals surface area (Å²) in [7, 11) is 3.18. The Kier molecular flexibility index (Phi) is 7.45. The van der Waals surface area contributed by atoms with Gasteiger partial charge in [0.1, 0.15) is 5.69 Å². The Morgan fingerprint density at radius 1 is 0.882 bits per heavy atom. The molecule has 0 saturated carbocycles. The zero-order valence-corrected chi connectivity index (χ0v) is 19.3. The van der Waals surface area contributed by atoms with Gasteiger partial charge in [0.15, 0.2) is 11.5 Å². The van der Waals surface area contributed by atoms with E-state index in [2.05, 4.69) is 10.6 Å².